The normalized spacial score (nSPS) is 12.1. The summed E-state index contributed by atoms with van der Waals surface area (Å²) >= 11 is 1.50. The molecule has 8 nitrogen and oxygen atoms in total. The first-order valence-electron chi connectivity index (χ1n) is 10.8. The molecule has 3 heterocycles. The number of rotatable bonds is 8. The van der Waals surface area contributed by atoms with Gasteiger partial charge in [0.05, 0.1) is 25.2 Å². The predicted octanol–water partition coefficient (Wildman–Crippen LogP) is 5.81. The van der Waals surface area contributed by atoms with Gasteiger partial charge in [-0.3, -0.25) is 4.57 Å². The zero-order chi connectivity index (χ0) is 23.5. The number of thioether (sulfide) groups is 1. The summed E-state index contributed by atoms with van der Waals surface area (Å²) in [5.74, 6) is 3.30. The largest absolute Gasteiger partial charge is 0.497 e. The fraction of sp³-hybridized carbons (Fsp3) is 0.200. The molecule has 0 amide bonds. The van der Waals surface area contributed by atoms with Crippen LogP contribution >= 0.6 is 11.8 Å². The minimum Gasteiger partial charge on any atom is -0.497 e. The Balaban J connectivity index is 1.44. The molecule has 0 radical (unpaired) electrons. The molecule has 1 atom stereocenters. The van der Waals surface area contributed by atoms with Gasteiger partial charge in [-0.15, -0.1) is 20.4 Å². The van der Waals surface area contributed by atoms with Crippen molar-refractivity contribution in [1.29, 1.82) is 0 Å². The first-order valence-corrected chi connectivity index (χ1v) is 11.7. The molecule has 0 bridgehead atoms. The van der Waals surface area contributed by atoms with Gasteiger partial charge in [0.1, 0.15) is 11.5 Å². The van der Waals surface area contributed by atoms with Crippen LogP contribution in [0.3, 0.4) is 0 Å². The van der Waals surface area contributed by atoms with E-state index in [1.165, 1.54) is 11.8 Å². The van der Waals surface area contributed by atoms with Crippen LogP contribution in [0.15, 0.2) is 80.9 Å². The van der Waals surface area contributed by atoms with Crippen LogP contribution in [0.5, 0.6) is 5.75 Å². The van der Waals surface area contributed by atoms with Gasteiger partial charge in [0.25, 0.3) is 0 Å². The fourth-order valence-electron chi connectivity index (χ4n) is 3.55. The zero-order valence-corrected chi connectivity index (χ0v) is 19.8. The van der Waals surface area contributed by atoms with E-state index in [-0.39, 0.29) is 5.25 Å². The molecule has 34 heavy (non-hydrogen) atoms. The van der Waals surface area contributed by atoms with E-state index in [9.17, 15) is 0 Å². The summed E-state index contributed by atoms with van der Waals surface area (Å²) in [6, 6.07) is 19.5. The second-order valence-corrected chi connectivity index (χ2v) is 9.09. The predicted molar refractivity (Wildman–Crippen MR) is 129 cm³/mol. The standard InChI is InChI=1S/C25H23N5O3S/c1-16-7-4-9-19(13-16)24-28-27-23(33-24)17(2)34-25-29-26-22(18-8-5-10-20(14-18)31-3)30(25)15-21-11-6-12-32-21/h4-14,17H,15H2,1-3H3. The van der Waals surface area contributed by atoms with Crippen molar-refractivity contribution < 1.29 is 13.6 Å². The van der Waals surface area contributed by atoms with E-state index in [0.29, 0.717) is 18.3 Å². The van der Waals surface area contributed by atoms with E-state index >= 15 is 0 Å². The van der Waals surface area contributed by atoms with Crippen molar-refractivity contribution in [2.45, 2.75) is 30.8 Å². The van der Waals surface area contributed by atoms with Crippen LogP contribution in [0.4, 0.5) is 0 Å². The average Bonchev–Trinajstić information content (AvgIpc) is 3.62. The molecule has 1 unspecified atom stereocenters. The van der Waals surface area contributed by atoms with E-state index in [4.69, 9.17) is 13.6 Å². The van der Waals surface area contributed by atoms with Gasteiger partial charge < -0.3 is 13.6 Å². The Kier molecular flexibility index (Phi) is 6.18. The van der Waals surface area contributed by atoms with Gasteiger partial charge in [0, 0.05) is 11.1 Å². The summed E-state index contributed by atoms with van der Waals surface area (Å²) in [6.45, 7) is 4.53. The third-order valence-electron chi connectivity index (χ3n) is 5.27. The van der Waals surface area contributed by atoms with Gasteiger partial charge >= 0.3 is 0 Å². The highest BCUT2D eigenvalue weighted by atomic mass is 32.2. The smallest absolute Gasteiger partial charge is 0.247 e. The van der Waals surface area contributed by atoms with Crippen LogP contribution in [0, 0.1) is 6.92 Å². The molecule has 0 N–H and O–H groups in total. The summed E-state index contributed by atoms with van der Waals surface area (Å²) in [5, 5.41) is 18.1. The molecule has 5 rings (SSSR count). The Morgan fingerprint density at radius 3 is 2.62 bits per heavy atom. The van der Waals surface area contributed by atoms with Crippen molar-refractivity contribution in [2.24, 2.45) is 0 Å². The lowest BCUT2D eigenvalue weighted by Crippen LogP contribution is -2.04. The summed E-state index contributed by atoms with van der Waals surface area (Å²) in [4.78, 5) is 0. The Morgan fingerprint density at radius 2 is 1.82 bits per heavy atom. The summed E-state index contributed by atoms with van der Waals surface area (Å²) in [5.41, 5.74) is 2.94. The number of ether oxygens (including phenoxy) is 1. The molecule has 0 aliphatic rings. The van der Waals surface area contributed by atoms with Gasteiger partial charge in [-0.05, 0) is 50.2 Å². The highest BCUT2D eigenvalue weighted by Gasteiger charge is 2.22. The van der Waals surface area contributed by atoms with Crippen LogP contribution in [-0.2, 0) is 6.54 Å². The van der Waals surface area contributed by atoms with Crippen molar-refractivity contribution in [1.82, 2.24) is 25.0 Å². The SMILES string of the molecule is COc1cccc(-c2nnc(SC(C)c3nnc(-c4cccc(C)c4)o3)n2Cc2ccco2)c1. The number of furan rings is 1. The minimum atomic E-state index is -0.135. The second-order valence-electron chi connectivity index (χ2n) is 7.78. The van der Waals surface area contributed by atoms with Gasteiger partial charge in [-0.1, -0.05) is 41.6 Å². The number of nitrogens with zero attached hydrogens (tertiary/aromatic N) is 5. The molecule has 0 saturated heterocycles. The van der Waals surface area contributed by atoms with Crippen molar-refractivity contribution >= 4 is 11.8 Å². The molecule has 0 aliphatic carbocycles. The van der Waals surface area contributed by atoms with Crippen molar-refractivity contribution in [2.75, 3.05) is 7.11 Å². The van der Waals surface area contributed by atoms with E-state index in [2.05, 4.69) is 20.4 Å². The van der Waals surface area contributed by atoms with Crippen molar-refractivity contribution in [3.8, 4) is 28.6 Å². The molecule has 0 fully saturated rings. The third-order valence-corrected chi connectivity index (χ3v) is 6.34. The Morgan fingerprint density at radius 1 is 0.971 bits per heavy atom. The van der Waals surface area contributed by atoms with Crippen LogP contribution < -0.4 is 4.74 Å². The molecule has 0 aliphatic heterocycles. The topological polar surface area (TPSA) is 92.0 Å². The van der Waals surface area contributed by atoms with E-state index in [1.54, 1.807) is 13.4 Å². The fourth-order valence-corrected chi connectivity index (χ4v) is 4.43. The first-order chi connectivity index (χ1) is 16.6. The number of hydrogen-bond acceptors (Lipinski definition) is 8. The number of methoxy groups -OCH3 is 1. The summed E-state index contributed by atoms with van der Waals surface area (Å²) in [6.07, 6.45) is 1.66. The second kappa shape index (κ2) is 9.56. The van der Waals surface area contributed by atoms with Crippen LogP contribution in [-0.4, -0.2) is 32.1 Å². The summed E-state index contributed by atoms with van der Waals surface area (Å²) < 4.78 is 19.0. The lowest BCUT2D eigenvalue weighted by atomic mass is 10.1. The van der Waals surface area contributed by atoms with Gasteiger partial charge in [-0.2, -0.15) is 0 Å². The molecule has 0 spiro atoms. The highest BCUT2D eigenvalue weighted by Crippen LogP contribution is 2.36. The maximum atomic E-state index is 5.99. The van der Waals surface area contributed by atoms with Crippen molar-refractivity contribution in [3.63, 3.8) is 0 Å². The number of hydrogen-bond donors (Lipinski definition) is 0. The molecule has 5 aromatic rings. The molecular weight excluding hydrogens is 450 g/mol. The minimum absolute atomic E-state index is 0.135. The maximum Gasteiger partial charge on any atom is 0.247 e. The quantitative estimate of drug-likeness (QED) is 0.261. The van der Waals surface area contributed by atoms with Crippen LogP contribution in [0.25, 0.3) is 22.8 Å². The molecular formula is C25H23N5O3S. The molecule has 9 heteroatoms. The van der Waals surface area contributed by atoms with Gasteiger partial charge in [0.15, 0.2) is 11.0 Å². The van der Waals surface area contributed by atoms with E-state index in [1.807, 2.05) is 79.1 Å². The van der Waals surface area contributed by atoms with Gasteiger partial charge in [0.2, 0.25) is 11.8 Å². The number of aryl methyl sites for hydroxylation is 1. The zero-order valence-electron chi connectivity index (χ0n) is 19.0. The van der Waals surface area contributed by atoms with E-state index in [0.717, 1.165) is 39.2 Å². The lowest BCUT2D eigenvalue weighted by molar-refractivity contribution is 0.415. The van der Waals surface area contributed by atoms with Crippen LogP contribution in [0.1, 0.15) is 29.4 Å². The lowest BCUT2D eigenvalue weighted by Gasteiger charge is -2.11. The first kappa shape index (κ1) is 22.0. The molecule has 172 valence electrons. The highest BCUT2D eigenvalue weighted by molar-refractivity contribution is 7.99. The molecule has 2 aromatic carbocycles. The number of benzene rings is 2. The third kappa shape index (κ3) is 4.60. The Bertz CT molecular complexity index is 1390. The Hall–Kier alpha value is -3.85. The maximum absolute atomic E-state index is 5.99. The number of aromatic nitrogens is 5. The van der Waals surface area contributed by atoms with E-state index < -0.39 is 0 Å². The van der Waals surface area contributed by atoms with Crippen molar-refractivity contribution in [3.05, 3.63) is 84.1 Å². The molecule has 0 saturated carbocycles. The average molecular weight is 474 g/mol. The van der Waals surface area contributed by atoms with Gasteiger partial charge in [-0.25, -0.2) is 0 Å². The monoisotopic (exact) mass is 473 g/mol. The molecule has 3 aromatic heterocycles. The summed E-state index contributed by atoms with van der Waals surface area (Å²) in [7, 11) is 1.64. The van der Waals surface area contributed by atoms with Crippen LogP contribution in [0.2, 0.25) is 0 Å². The Labute approximate surface area is 201 Å².